The molecule has 1 aromatic rings. The monoisotopic (exact) mass is 376 g/mol. The lowest BCUT2D eigenvalue weighted by Gasteiger charge is -2.22. The van der Waals surface area contributed by atoms with Crippen LogP contribution in [0, 0.1) is 0 Å². The first-order valence-electron chi connectivity index (χ1n) is 8.42. The first-order chi connectivity index (χ1) is 12.8. The summed E-state index contributed by atoms with van der Waals surface area (Å²) in [5.41, 5.74) is -0.826. The van der Waals surface area contributed by atoms with Crippen LogP contribution >= 0.6 is 0 Å². The second kappa shape index (κ2) is 7.14. The summed E-state index contributed by atoms with van der Waals surface area (Å²) in [7, 11) is 0. The van der Waals surface area contributed by atoms with Crippen LogP contribution in [0.15, 0.2) is 18.2 Å². The minimum atomic E-state index is -1.34. The van der Waals surface area contributed by atoms with Gasteiger partial charge in [0.2, 0.25) is 18.6 Å². The number of carbonyl (C=O) groups excluding carboxylic acids is 4. The van der Waals surface area contributed by atoms with Gasteiger partial charge in [0.05, 0.1) is 6.54 Å². The summed E-state index contributed by atoms with van der Waals surface area (Å²) >= 11 is 0. The molecule has 27 heavy (non-hydrogen) atoms. The van der Waals surface area contributed by atoms with Crippen molar-refractivity contribution in [1.29, 1.82) is 0 Å². The lowest BCUT2D eigenvalue weighted by Crippen LogP contribution is -2.45. The molecule has 0 spiro atoms. The summed E-state index contributed by atoms with van der Waals surface area (Å²) in [5, 5.41) is 7.52. The van der Waals surface area contributed by atoms with E-state index in [0.717, 1.165) is 4.90 Å². The summed E-state index contributed by atoms with van der Waals surface area (Å²) in [6.07, 6.45) is 0. The number of fused-ring (bicyclic) bond motifs is 1. The fraction of sp³-hybridized carbons (Fsp3) is 0.412. The summed E-state index contributed by atoms with van der Waals surface area (Å²) in [6.45, 7) is 3.13. The molecule has 0 aromatic heterocycles. The summed E-state index contributed by atoms with van der Waals surface area (Å²) in [4.78, 5) is 49.3. The molecule has 3 N–H and O–H groups in total. The molecular weight excluding hydrogens is 356 g/mol. The molecule has 1 fully saturated rings. The zero-order chi connectivity index (χ0) is 19.6. The summed E-state index contributed by atoms with van der Waals surface area (Å²) in [6, 6.07) is 4.25. The number of hydrogen-bond donors (Lipinski definition) is 3. The number of benzene rings is 1. The smallest absolute Gasteiger partial charge is 0.325 e. The van der Waals surface area contributed by atoms with Gasteiger partial charge in [0, 0.05) is 6.54 Å². The maximum Gasteiger partial charge on any atom is 0.325 e. The lowest BCUT2D eigenvalue weighted by atomic mass is 9.91. The van der Waals surface area contributed by atoms with E-state index in [2.05, 4.69) is 16.0 Å². The standard InChI is InChI=1S/C17H20N4O6/c1-3-18-13(22)7-19-14(23)8-21-15(24)17(2,20-16(21)25)10-4-5-11-12(6-10)27-9-26-11/h4-6H,3,7-9H2,1-2H3,(H,18,22)(H,19,23)(H,20,25)/t17-/m1/s1. The van der Waals surface area contributed by atoms with E-state index in [-0.39, 0.29) is 19.2 Å². The van der Waals surface area contributed by atoms with Gasteiger partial charge >= 0.3 is 6.03 Å². The Balaban J connectivity index is 1.69. The minimum absolute atomic E-state index is 0.0910. The summed E-state index contributed by atoms with van der Waals surface area (Å²) in [5.74, 6) is -0.498. The average Bonchev–Trinajstić information content (AvgIpc) is 3.19. The highest BCUT2D eigenvalue weighted by atomic mass is 16.7. The van der Waals surface area contributed by atoms with E-state index >= 15 is 0 Å². The number of carbonyl (C=O) groups is 4. The predicted molar refractivity (Wildman–Crippen MR) is 91.9 cm³/mol. The maximum atomic E-state index is 12.8. The van der Waals surface area contributed by atoms with Crippen LogP contribution in [0.25, 0.3) is 0 Å². The highest BCUT2D eigenvalue weighted by Crippen LogP contribution is 2.37. The highest BCUT2D eigenvalue weighted by Gasteiger charge is 2.49. The van der Waals surface area contributed by atoms with Gasteiger partial charge in [-0.1, -0.05) is 6.07 Å². The third kappa shape index (κ3) is 3.50. The Morgan fingerprint density at radius 1 is 1.19 bits per heavy atom. The van der Waals surface area contributed by atoms with Gasteiger partial charge in [-0.2, -0.15) is 0 Å². The zero-order valence-electron chi connectivity index (χ0n) is 15.0. The van der Waals surface area contributed by atoms with Crippen molar-refractivity contribution in [2.75, 3.05) is 26.4 Å². The van der Waals surface area contributed by atoms with Crippen LogP contribution < -0.4 is 25.4 Å². The molecule has 1 atom stereocenters. The van der Waals surface area contributed by atoms with Gasteiger partial charge in [0.1, 0.15) is 12.1 Å². The topological polar surface area (TPSA) is 126 Å². The number of hydrogen-bond acceptors (Lipinski definition) is 6. The molecule has 2 aliphatic rings. The van der Waals surface area contributed by atoms with Crippen LogP contribution in [0.4, 0.5) is 4.79 Å². The zero-order valence-corrected chi connectivity index (χ0v) is 15.0. The molecule has 10 heteroatoms. The molecule has 2 heterocycles. The number of nitrogens with one attached hydrogen (secondary N) is 3. The van der Waals surface area contributed by atoms with Crippen molar-refractivity contribution >= 4 is 23.8 Å². The van der Waals surface area contributed by atoms with Gasteiger partial charge in [-0.05, 0) is 31.5 Å². The van der Waals surface area contributed by atoms with Gasteiger partial charge in [-0.3, -0.25) is 19.3 Å². The summed E-state index contributed by atoms with van der Waals surface area (Å²) < 4.78 is 10.6. The first kappa shape index (κ1) is 18.5. The second-order valence-electron chi connectivity index (χ2n) is 6.24. The van der Waals surface area contributed by atoms with Crippen molar-refractivity contribution in [3.05, 3.63) is 23.8 Å². The maximum absolute atomic E-state index is 12.8. The van der Waals surface area contributed by atoms with Crippen LogP contribution in [-0.2, 0) is 19.9 Å². The van der Waals surface area contributed by atoms with Gasteiger partial charge in [0.25, 0.3) is 5.91 Å². The van der Waals surface area contributed by atoms with Gasteiger partial charge in [-0.15, -0.1) is 0 Å². The van der Waals surface area contributed by atoms with E-state index in [0.29, 0.717) is 23.6 Å². The molecule has 3 rings (SSSR count). The Morgan fingerprint density at radius 3 is 2.67 bits per heavy atom. The van der Waals surface area contributed by atoms with E-state index in [1.807, 2.05) is 0 Å². The van der Waals surface area contributed by atoms with Crippen molar-refractivity contribution in [1.82, 2.24) is 20.9 Å². The number of likely N-dealkylation sites (N-methyl/N-ethyl adjacent to an activating group) is 1. The van der Waals surface area contributed by atoms with Gasteiger partial charge in [-0.25, -0.2) is 4.79 Å². The highest BCUT2D eigenvalue weighted by molar-refractivity contribution is 6.09. The van der Waals surface area contributed by atoms with Crippen LogP contribution in [0.5, 0.6) is 11.5 Å². The lowest BCUT2D eigenvalue weighted by molar-refractivity contribution is -0.135. The van der Waals surface area contributed by atoms with E-state index in [1.54, 1.807) is 32.0 Å². The van der Waals surface area contributed by atoms with E-state index in [1.165, 1.54) is 0 Å². The number of amides is 5. The number of imide groups is 1. The second-order valence-corrected chi connectivity index (χ2v) is 6.24. The third-order valence-electron chi connectivity index (χ3n) is 4.35. The van der Waals surface area contributed by atoms with Crippen molar-refractivity contribution in [2.24, 2.45) is 0 Å². The van der Waals surface area contributed by atoms with Crippen molar-refractivity contribution in [2.45, 2.75) is 19.4 Å². The van der Waals surface area contributed by atoms with E-state index < -0.39 is 29.9 Å². The van der Waals surface area contributed by atoms with Crippen molar-refractivity contribution in [3.63, 3.8) is 0 Å². The molecule has 1 saturated heterocycles. The van der Waals surface area contributed by atoms with E-state index in [4.69, 9.17) is 9.47 Å². The Bertz CT molecular complexity index is 811. The van der Waals surface area contributed by atoms with Crippen LogP contribution in [0.3, 0.4) is 0 Å². The Labute approximate surface area is 155 Å². The van der Waals surface area contributed by atoms with Crippen LogP contribution in [0.1, 0.15) is 19.4 Å². The molecule has 0 saturated carbocycles. The number of urea groups is 1. The van der Waals surface area contributed by atoms with Gasteiger partial charge in [0.15, 0.2) is 11.5 Å². The van der Waals surface area contributed by atoms with Crippen molar-refractivity contribution < 1.29 is 28.7 Å². The number of ether oxygens (including phenoxy) is 2. The normalized spacial score (nSPS) is 20.4. The van der Waals surface area contributed by atoms with Gasteiger partial charge < -0.3 is 25.4 Å². The van der Waals surface area contributed by atoms with Crippen LogP contribution in [0.2, 0.25) is 0 Å². The fourth-order valence-corrected chi connectivity index (χ4v) is 2.88. The first-order valence-corrected chi connectivity index (χ1v) is 8.42. The largest absolute Gasteiger partial charge is 0.454 e. The predicted octanol–water partition coefficient (Wildman–Crippen LogP) is -0.565. The Kier molecular flexibility index (Phi) is 4.89. The number of rotatable bonds is 6. The molecule has 0 aliphatic carbocycles. The Morgan fingerprint density at radius 2 is 1.93 bits per heavy atom. The molecule has 10 nitrogen and oxygen atoms in total. The number of nitrogens with zero attached hydrogens (tertiary/aromatic N) is 1. The molecule has 0 unspecified atom stereocenters. The SMILES string of the molecule is CCNC(=O)CNC(=O)CN1C(=O)N[C@](C)(c2ccc3c(c2)OCO3)C1=O. The fourth-order valence-electron chi connectivity index (χ4n) is 2.88. The average molecular weight is 376 g/mol. The molecule has 0 radical (unpaired) electrons. The molecular formula is C17H20N4O6. The molecule has 5 amide bonds. The van der Waals surface area contributed by atoms with Crippen LogP contribution in [-0.4, -0.2) is 55.1 Å². The molecule has 1 aromatic carbocycles. The third-order valence-corrected chi connectivity index (χ3v) is 4.35. The van der Waals surface area contributed by atoms with Crippen molar-refractivity contribution in [3.8, 4) is 11.5 Å². The van der Waals surface area contributed by atoms with E-state index in [9.17, 15) is 19.2 Å². The Hall–Kier alpha value is -3.30. The molecule has 2 aliphatic heterocycles. The minimum Gasteiger partial charge on any atom is -0.454 e. The molecule has 144 valence electrons. The quantitative estimate of drug-likeness (QED) is 0.571. The molecule has 0 bridgehead atoms.